The zero-order valence-corrected chi connectivity index (χ0v) is 12.7. The molecule has 0 aromatic heterocycles. The van der Waals surface area contributed by atoms with Crippen LogP contribution in [0.5, 0.6) is 0 Å². The van der Waals surface area contributed by atoms with Crippen LogP contribution >= 0.6 is 0 Å². The Bertz CT molecular complexity index is 478. The number of para-hydroxylation sites is 2. The number of carbonyl (C=O) groups excluding carboxylic acids is 1. The van der Waals surface area contributed by atoms with E-state index in [1.807, 2.05) is 12.1 Å². The number of hydrogen-bond acceptors (Lipinski definition) is 4. The third-order valence-electron chi connectivity index (χ3n) is 3.90. The van der Waals surface area contributed by atoms with E-state index in [9.17, 15) is 4.79 Å². The molecule has 1 saturated carbocycles. The highest BCUT2D eigenvalue weighted by Gasteiger charge is 2.26. The summed E-state index contributed by atoms with van der Waals surface area (Å²) in [5, 5.41) is 2.80. The molecule has 0 heterocycles. The number of ether oxygens (including phenoxy) is 2. The van der Waals surface area contributed by atoms with Gasteiger partial charge in [-0.15, -0.1) is 0 Å². The van der Waals surface area contributed by atoms with Gasteiger partial charge in [-0.05, 0) is 44.7 Å². The van der Waals surface area contributed by atoms with Crippen molar-refractivity contribution in [2.75, 3.05) is 18.2 Å². The average molecular weight is 292 g/mol. The monoisotopic (exact) mass is 292 g/mol. The van der Waals surface area contributed by atoms with Gasteiger partial charge in [0.2, 0.25) is 0 Å². The maximum Gasteiger partial charge on any atom is 0.253 e. The van der Waals surface area contributed by atoms with Crippen LogP contribution in [0.25, 0.3) is 0 Å². The molecule has 0 aliphatic heterocycles. The molecule has 3 atom stereocenters. The Labute approximate surface area is 125 Å². The fourth-order valence-electron chi connectivity index (χ4n) is 2.64. The lowest BCUT2D eigenvalue weighted by atomic mass is 9.95. The second-order valence-corrected chi connectivity index (χ2v) is 5.50. The Kier molecular flexibility index (Phi) is 5.59. The van der Waals surface area contributed by atoms with Crippen LogP contribution in [-0.2, 0) is 14.3 Å². The minimum Gasteiger partial charge on any atom is -0.397 e. The van der Waals surface area contributed by atoms with Gasteiger partial charge in [0.25, 0.3) is 5.91 Å². The third kappa shape index (κ3) is 4.44. The first-order valence-electron chi connectivity index (χ1n) is 7.43. The fraction of sp³-hybridized carbons (Fsp3) is 0.562. The Morgan fingerprint density at radius 2 is 2.05 bits per heavy atom. The van der Waals surface area contributed by atoms with E-state index in [-0.39, 0.29) is 18.1 Å². The highest BCUT2D eigenvalue weighted by Crippen LogP contribution is 2.24. The predicted octanol–water partition coefficient (Wildman–Crippen LogP) is 2.57. The van der Waals surface area contributed by atoms with Crippen LogP contribution in [-0.4, -0.2) is 31.3 Å². The second-order valence-electron chi connectivity index (χ2n) is 5.50. The number of amides is 1. The molecule has 1 fully saturated rings. The van der Waals surface area contributed by atoms with E-state index in [1.54, 1.807) is 26.2 Å². The van der Waals surface area contributed by atoms with Crippen molar-refractivity contribution in [1.29, 1.82) is 0 Å². The van der Waals surface area contributed by atoms with Gasteiger partial charge in [-0.2, -0.15) is 0 Å². The van der Waals surface area contributed by atoms with Gasteiger partial charge in [-0.3, -0.25) is 4.79 Å². The van der Waals surface area contributed by atoms with Crippen LogP contribution in [0, 0.1) is 0 Å². The molecule has 0 saturated heterocycles. The lowest BCUT2D eigenvalue weighted by Crippen LogP contribution is -2.35. The molecule has 0 radical (unpaired) electrons. The molecule has 5 heteroatoms. The molecule has 1 aromatic carbocycles. The van der Waals surface area contributed by atoms with Crippen LogP contribution < -0.4 is 11.1 Å². The molecule has 1 aliphatic rings. The molecular weight excluding hydrogens is 268 g/mol. The number of nitrogen functional groups attached to an aromatic ring is 1. The van der Waals surface area contributed by atoms with E-state index in [0.717, 1.165) is 25.7 Å². The van der Waals surface area contributed by atoms with Crippen molar-refractivity contribution in [1.82, 2.24) is 0 Å². The summed E-state index contributed by atoms with van der Waals surface area (Å²) in [7, 11) is 1.72. The SMILES string of the molecule is COC1CCCC(OC(C)C(=O)Nc2ccccc2N)C1. The first kappa shape index (κ1) is 15.8. The molecule has 1 amide bonds. The van der Waals surface area contributed by atoms with Crippen molar-refractivity contribution >= 4 is 17.3 Å². The third-order valence-corrected chi connectivity index (χ3v) is 3.90. The maximum atomic E-state index is 12.2. The van der Waals surface area contributed by atoms with Crippen molar-refractivity contribution in [2.24, 2.45) is 0 Å². The van der Waals surface area contributed by atoms with Crippen molar-refractivity contribution < 1.29 is 14.3 Å². The van der Waals surface area contributed by atoms with Gasteiger partial charge in [0, 0.05) is 7.11 Å². The van der Waals surface area contributed by atoms with E-state index < -0.39 is 6.10 Å². The topological polar surface area (TPSA) is 73.6 Å². The van der Waals surface area contributed by atoms with E-state index in [2.05, 4.69) is 5.32 Å². The van der Waals surface area contributed by atoms with Crippen molar-refractivity contribution in [3.8, 4) is 0 Å². The lowest BCUT2D eigenvalue weighted by molar-refractivity contribution is -0.133. The van der Waals surface area contributed by atoms with Crippen molar-refractivity contribution in [2.45, 2.75) is 50.9 Å². The number of benzene rings is 1. The molecule has 1 aliphatic carbocycles. The van der Waals surface area contributed by atoms with Crippen LogP contribution in [0.2, 0.25) is 0 Å². The highest BCUT2D eigenvalue weighted by atomic mass is 16.5. The van der Waals surface area contributed by atoms with E-state index >= 15 is 0 Å². The summed E-state index contributed by atoms with van der Waals surface area (Å²) in [6.45, 7) is 1.77. The summed E-state index contributed by atoms with van der Waals surface area (Å²) < 4.78 is 11.2. The quantitative estimate of drug-likeness (QED) is 0.818. The molecular formula is C16H24N2O3. The Balaban J connectivity index is 1.86. The minimum atomic E-state index is -0.509. The van der Waals surface area contributed by atoms with Gasteiger partial charge in [-0.25, -0.2) is 0 Å². The average Bonchev–Trinajstić information content (AvgIpc) is 2.49. The van der Waals surface area contributed by atoms with Gasteiger partial charge in [0.15, 0.2) is 0 Å². The van der Waals surface area contributed by atoms with Gasteiger partial charge in [-0.1, -0.05) is 12.1 Å². The molecule has 21 heavy (non-hydrogen) atoms. The van der Waals surface area contributed by atoms with E-state index in [0.29, 0.717) is 11.4 Å². The Morgan fingerprint density at radius 3 is 2.76 bits per heavy atom. The number of anilines is 2. The zero-order chi connectivity index (χ0) is 15.2. The number of nitrogens with two attached hydrogens (primary N) is 1. The van der Waals surface area contributed by atoms with Crippen LogP contribution in [0.1, 0.15) is 32.6 Å². The number of hydrogen-bond donors (Lipinski definition) is 2. The molecule has 5 nitrogen and oxygen atoms in total. The van der Waals surface area contributed by atoms with Crippen LogP contribution in [0.4, 0.5) is 11.4 Å². The number of nitrogens with one attached hydrogen (secondary N) is 1. The van der Waals surface area contributed by atoms with Crippen LogP contribution in [0.15, 0.2) is 24.3 Å². The van der Waals surface area contributed by atoms with E-state index in [4.69, 9.17) is 15.2 Å². The van der Waals surface area contributed by atoms with Crippen molar-refractivity contribution in [3.63, 3.8) is 0 Å². The lowest BCUT2D eigenvalue weighted by Gasteiger charge is -2.30. The standard InChI is InChI=1S/C16H24N2O3/c1-11(21-13-7-5-6-12(10-13)20-2)16(19)18-15-9-4-3-8-14(15)17/h3-4,8-9,11-13H,5-7,10,17H2,1-2H3,(H,18,19). The first-order valence-corrected chi connectivity index (χ1v) is 7.43. The molecule has 0 spiro atoms. The smallest absolute Gasteiger partial charge is 0.253 e. The Hall–Kier alpha value is -1.59. The number of methoxy groups -OCH3 is 1. The highest BCUT2D eigenvalue weighted by molar-refractivity contribution is 5.96. The fourth-order valence-corrected chi connectivity index (χ4v) is 2.64. The molecule has 2 rings (SSSR count). The Morgan fingerprint density at radius 1 is 1.33 bits per heavy atom. The number of rotatable bonds is 5. The minimum absolute atomic E-state index is 0.0811. The van der Waals surface area contributed by atoms with Gasteiger partial charge in [0.05, 0.1) is 23.6 Å². The largest absolute Gasteiger partial charge is 0.397 e. The predicted molar refractivity (Wildman–Crippen MR) is 83.1 cm³/mol. The summed E-state index contributed by atoms with van der Waals surface area (Å²) in [4.78, 5) is 12.2. The summed E-state index contributed by atoms with van der Waals surface area (Å²) in [6.07, 6.45) is 3.78. The molecule has 3 N–H and O–H groups in total. The maximum absolute atomic E-state index is 12.2. The van der Waals surface area contributed by atoms with Gasteiger partial charge < -0.3 is 20.5 Å². The molecule has 3 unspecified atom stereocenters. The molecule has 0 bridgehead atoms. The van der Waals surface area contributed by atoms with Crippen LogP contribution in [0.3, 0.4) is 0 Å². The zero-order valence-electron chi connectivity index (χ0n) is 12.7. The van der Waals surface area contributed by atoms with Gasteiger partial charge >= 0.3 is 0 Å². The van der Waals surface area contributed by atoms with E-state index in [1.165, 1.54) is 0 Å². The second kappa shape index (κ2) is 7.43. The number of carbonyl (C=O) groups is 1. The summed E-state index contributed by atoms with van der Waals surface area (Å²) in [6, 6.07) is 7.20. The molecule has 116 valence electrons. The summed E-state index contributed by atoms with van der Waals surface area (Å²) in [5.41, 5.74) is 6.99. The van der Waals surface area contributed by atoms with Gasteiger partial charge in [0.1, 0.15) is 6.10 Å². The summed E-state index contributed by atoms with van der Waals surface area (Å²) in [5.74, 6) is -0.174. The normalized spacial score (nSPS) is 23.5. The van der Waals surface area contributed by atoms with Crippen molar-refractivity contribution in [3.05, 3.63) is 24.3 Å². The first-order chi connectivity index (χ1) is 10.1. The molecule has 1 aromatic rings. The summed E-state index contributed by atoms with van der Waals surface area (Å²) >= 11 is 0.